The average molecular weight is 129 g/mol. The van der Waals surface area contributed by atoms with E-state index in [4.69, 9.17) is 0 Å². The zero-order chi connectivity index (χ0) is 6.85. The van der Waals surface area contributed by atoms with Crippen LogP contribution in [0.15, 0.2) is 0 Å². The molecule has 2 N–H and O–H groups in total. The molecule has 9 heavy (non-hydrogen) atoms. The van der Waals surface area contributed by atoms with Gasteiger partial charge in [-0.15, -0.1) is 0 Å². The van der Waals surface area contributed by atoms with Gasteiger partial charge in [-0.05, 0) is 0 Å². The summed E-state index contributed by atoms with van der Waals surface area (Å²) < 4.78 is 0. The Morgan fingerprint density at radius 1 is 1.44 bits per heavy atom. The molecule has 5 nitrogen and oxygen atoms in total. The largest absolute Gasteiger partial charge is 0.333 e. The van der Waals surface area contributed by atoms with Crippen LogP contribution in [0.1, 0.15) is 0 Å². The van der Waals surface area contributed by atoms with Crippen molar-refractivity contribution in [1.82, 2.24) is 15.8 Å². The number of hydrazine groups is 1. The first kappa shape index (κ1) is 6.03. The van der Waals surface area contributed by atoms with E-state index in [1.54, 1.807) is 7.05 Å². The highest BCUT2D eigenvalue weighted by molar-refractivity contribution is 6.35. The molecular formula is C4H7N3O2. The van der Waals surface area contributed by atoms with Crippen molar-refractivity contribution in [3.63, 3.8) is 0 Å². The molecule has 0 aromatic carbocycles. The standard InChI is InChI=1S/C4H7N3O2/c1-7-2-5-3(8)4(9)6-7/h2H2,1H3,(H,5,8)(H,6,9). The van der Waals surface area contributed by atoms with Crippen molar-refractivity contribution >= 4 is 11.8 Å². The van der Waals surface area contributed by atoms with Crippen LogP contribution in [-0.4, -0.2) is 30.5 Å². The monoisotopic (exact) mass is 129 g/mol. The van der Waals surface area contributed by atoms with Gasteiger partial charge in [0.2, 0.25) is 0 Å². The van der Waals surface area contributed by atoms with Crippen LogP contribution in [0.25, 0.3) is 0 Å². The second-order valence-corrected chi connectivity index (χ2v) is 1.80. The molecule has 0 atom stereocenters. The highest BCUT2D eigenvalue weighted by Gasteiger charge is 2.19. The quantitative estimate of drug-likeness (QED) is 0.373. The van der Waals surface area contributed by atoms with E-state index >= 15 is 0 Å². The van der Waals surface area contributed by atoms with Crippen LogP contribution in [0, 0.1) is 0 Å². The summed E-state index contributed by atoms with van der Waals surface area (Å²) in [5, 5.41) is 3.85. The molecule has 50 valence electrons. The van der Waals surface area contributed by atoms with Crippen molar-refractivity contribution in [2.24, 2.45) is 0 Å². The van der Waals surface area contributed by atoms with E-state index in [0.29, 0.717) is 6.67 Å². The Labute approximate surface area is 52.0 Å². The van der Waals surface area contributed by atoms with Gasteiger partial charge in [-0.1, -0.05) is 0 Å². The minimum absolute atomic E-state index is 0.366. The van der Waals surface area contributed by atoms with Gasteiger partial charge in [0.25, 0.3) is 0 Å². The molecule has 1 rings (SSSR count). The number of nitrogens with zero attached hydrogens (tertiary/aromatic N) is 1. The minimum atomic E-state index is -0.608. The van der Waals surface area contributed by atoms with Crippen molar-refractivity contribution in [1.29, 1.82) is 0 Å². The first-order valence-electron chi connectivity index (χ1n) is 2.50. The predicted octanol–water partition coefficient (Wildman–Crippen LogP) is -1.96. The molecule has 0 radical (unpaired) electrons. The second kappa shape index (κ2) is 2.02. The summed E-state index contributed by atoms with van der Waals surface area (Å²) in [6.07, 6.45) is 0. The topological polar surface area (TPSA) is 61.4 Å². The second-order valence-electron chi connectivity index (χ2n) is 1.80. The number of hydrogen-bond acceptors (Lipinski definition) is 3. The molecule has 1 aliphatic rings. The third kappa shape index (κ3) is 1.17. The van der Waals surface area contributed by atoms with E-state index < -0.39 is 11.8 Å². The molecule has 5 heteroatoms. The molecule has 1 aliphatic heterocycles. The Morgan fingerprint density at radius 3 is 2.56 bits per heavy atom. The lowest BCUT2D eigenvalue weighted by atomic mass is 10.5. The summed E-state index contributed by atoms with van der Waals surface area (Å²) in [4.78, 5) is 20.8. The number of amides is 2. The van der Waals surface area contributed by atoms with Crippen molar-refractivity contribution in [2.45, 2.75) is 0 Å². The molecule has 0 aromatic rings. The Balaban J connectivity index is 2.54. The van der Waals surface area contributed by atoms with Crippen LogP contribution in [0.4, 0.5) is 0 Å². The molecule has 2 amide bonds. The maximum Gasteiger partial charge on any atom is 0.323 e. The maximum absolute atomic E-state index is 10.4. The fraction of sp³-hybridized carbons (Fsp3) is 0.500. The van der Waals surface area contributed by atoms with Crippen molar-refractivity contribution in [3.05, 3.63) is 0 Å². The molecule has 0 spiro atoms. The first-order valence-corrected chi connectivity index (χ1v) is 2.50. The van der Waals surface area contributed by atoms with E-state index in [9.17, 15) is 9.59 Å². The summed E-state index contributed by atoms with van der Waals surface area (Å²) in [7, 11) is 1.66. The van der Waals surface area contributed by atoms with E-state index in [0.717, 1.165) is 0 Å². The summed E-state index contributed by atoms with van der Waals surface area (Å²) in [6, 6.07) is 0. The minimum Gasteiger partial charge on any atom is -0.333 e. The van der Waals surface area contributed by atoms with Crippen molar-refractivity contribution in [3.8, 4) is 0 Å². The molecule has 0 saturated carbocycles. The molecular weight excluding hydrogens is 122 g/mol. The van der Waals surface area contributed by atoms with Crippen LogP contribution >= 0.6 is 0 Å². The number of rotatable bonds is 0. The fourth-order valence-electron chi connectivity index (χ4n) is 0.534. The molecule has 1 saturated heterocycles. The Kier molecular flexibility index (Phi) is 1.35. The van der Waals surface area contributed by atoms with Gasteiger partial charge in [-0.2, -0.15) is 0 Å². The first-order chi connectivity index (χ1) is 4.20. The van der Waals surface area contributed by atoms with E-state index in [2.05, 4.69) is 10.7 Å². The number of hydrogen-bond donors (Lipinski definition) is 2. The van der Waals surface area contributed by atoms with E-state index in [1.807, 2.05) is 0 Å². The highest BCUT2D eigenvalue weighted by atomic mass is 16.2. The van der Waals surface area contributed by atoms with Crippen LogP contribution in [0.5, 0.6) is 0 Å². The summed E-state index contributed by atoms with van der Waals surface area (Å²) in [5.41, 5.74) is 2.31. The van der Waals surface area contributed by atoms with Gasteiger partial charge in [-0.3, -0.25) is 15.0 Å². The third-order valence-electron chi connectivity index (χ3n) is 0.975. The lowest BCUT2D eigenvalue weighted by molar-refractivity contribution is -0.145. The normalized spacial score (nSPS) is 21.0. The molecule has 0 aromatic heterocycles. The highest BCUT2D eigenvalue weighted by Crippen LogP contribution is 1.80. The maximum atomic E-state index is 10.4. The Hall–Kier alpha value is -1.10. The smallest absolute Gasteiger partial charge is 0.323 e. The zero-order valence-corrected chi connectivity index (χ0v) is 4.97. The predicted molar refractivity (Wildman–Crippen MR) is 28.9 cm³/mol. The van der Waals surface area contributed by atoms with Crippen LogP contribution in [-0.2, 0) is 9.59 Å². The Bertz CT molecular complexity index is 156. The van der Waals surface area contributed by atoms with E-state index in [-0.39, 0.29) is 0 Å². The van der Waals surface area contributed by atoms with Gasteiger partial charge in [0.15, 0.2) is 0 Å². The lowest BCUT2D eigenvalue weighted by Crippen LogP contribution is -2.57. The van der Waals surface area contributed by atoms with E-state index in [1.165, 1.54) is 5.01 Å². The zero-order valence-electron chi connectivity index (χ0n) is 4.97. The average Bonchev–Trinajstić information content (AvgIpc) is 1.80. The molecule has 0 aliphatic carbocycles. The number of nitrogens with one attached hydrogen (secondary N) is 2. The fourth-order valence-corrected chi connectivity index (χ4v) is 0.534. The van der Waals surface area contributed by atoms with Gasteiger partial charge in [0.05, 0.1) is 6.67 Å². The molecule has 1 heterocycles. The Morgan fingerprint density at radius 2 is 2.11 bits per heavy atom. The lowest BCUT2D eigenvalue weighted by Gasteiger charge is -2.22. The molecule has 1 fully saturated rings. The summed E-state index contributed by atoms with van der Waals surface area (Å²) in [6.45, 7) is 0.366. The van der Waals surface area contributed by atoms with Crippen molar-refractivity contribution in [2.75, 3.05) is 13.7 Å². The van der Waals surface area contributed by atoms with Gasteiger partial charge < -0.3 is 5.32 Å². The molecule has 0 unspecified atom stereocenters. The number of carbonyl (C=O) groups is 2. The van der Waals surface area contributed by atoms with Crippen LogP contribution < -0.4 is 10.7 Å². The van der Waals surface area contributed by atoms with Gasteiger partial charge in [0.1, 0.15) is 0 Å². The van der Waals surface area contributed by atoms with Crippen LogP contribution in [0.3, 0.4) is 0 Å². The van der Waals surface area contributed by atoms with Gasteiger partial charge in [-0.25, -0.2) is 5.01 Å². The van der Waals surface area contributed by atoms with Crippen LogP contribution in [0.2, 0.25) is 0 Å². The SMILES string of the molecule is CN1CNC(=O)C(=O)N1. The number of carbonyl (C=O) groups excluding carboxylic acids is 2. The molecule has 0 bridgehead atoms. The third-order valence-corrected chi connectivity index (χ3v) is 0.975. The van der Waals surface area contributed by atoms with Gasteiger partial charge >= 0.3 is 11.8 Å². The van der Waals surface area contributed by atoms with Crippen molar-refractivity contribution < 1.29 is 9.59 Å². The summed E-state index contributed by atoms with van der Waals surface area (Å²) in [5.74, 6) is -1.18. The van der Waals surface area contributed by atoms with Gasteiger partial charge in [0, 0.05) is 7.05 Å². The summed E-state index contributed by atoms with van der Waals surface area (Å²) >= 11 is 0.